The summed E-state index contributed by atoms with van der Waals surface area (Å²) in [5, 5.41) is 9.66. The SMILES string of the molecule is COC(=O)C12CCC(CNC(=O)c3cc(C(=O)NCc4ccnc(C(F)(F)F)c4)nc4ccnn34)(CC1)CC2. The predicted molar refractivity (Wildman–Crippen MR) is 130 cm³/mol. The predicted octanol–water partition coefficient (Wildman–Crippen LogP) is 3.32. The van der Waals surface area contributed by atoms with Crippen molar-refractivity contribution in [1.82, 2.24) is 30.2 Å². The van der Waals surface area contributed by atoms with Crippen molar-refractivity contribution in [2.24, 2.45) is 10.8 Å². The summed E-state index contributed by atoms with van der Waals surface area (Å²) >= 11 is 0. The minimum Gasteiger partial charge on any atom is -0.469 e. The number of nitrogens with one attached hydrogen (secondary N) is 2. The zero-order valence-electron chi connectivity index (χ0n) is 21.2. The lowest BCUT2D eigenvalue weighted by Crippen LogP contribution is -2.50. The maximum absolute atomic E-state index is 13.3. The van der Waals surface area contributed by atoms with Crippen LogP contribution in [0, 0.1) is 10.8 Å². The molecule has 0 spiro atoms. The Morgan fingerprint density at radius 3 is 2.38 bits per heavy atom. The Hall–Kier alpha value is -4.03. The van der Waals surface area contributed by atoms with E-state index in [1.165, 1.54) is 30.0 Å². The van der Waals surface area contributed by atoms with E-state index >= 15 is 0 Å². The van der Waals surface area contributed by atoms with E-state index < -0.39 is 29.1 Å². The largest absolute Gasteiger partial charge is 0.469 e. The molecule has 0 unspecified atom stereocenters. The van der Waals surface area contributed by atoms with Gasteiger partial charge in [-0.3, -0.25) is 19.4 Å². The maximum atomic E-state index is 13.3. The molecule has 3 aliphatic rings. The van der Waals surface area contributed by atoms with Crippen LogP contribution in [0.5, 0.6) is 0 Å². The normalized spacial score (nSPS) is 22.5. The average molecular weight is 545 g/mol. The van der Waals surface area contributed by atoms with E-state index in [2.05, 4.69) is 25.7 Å². The number of nitrogens with zero attached hydrogens (tertiary/aromatic N) is 4. The number of carbonyl (C=O) groups excluding carboxylic acids is 3. The van der Waals surface area contributed by atoms with Gasteiger partial charge < -0.3 is 15.4 Å². The first-order valence-corrected chi connectivity index (χ1v) is 12.6. The molecule has 0 atom stereocenters. The molecular formula is C26H27F3N6O4. The van der Waals surface area contributed by atoms with Gasteiger partial charge in [-0.25, -0.2) is 9.50 Å². The number of rotatable bonds is 7. The number of esters is 1. The standard InChI is InChI=1S/C26H27F3N6O4/c1-39-23(38)25-7-4-24(5-8-25,6-9-25)15-32-22(37)18-13-17(34-20-3-11-33-35(18)20)21(36)31-14-16-2-10-30-19(12-16)26(27,28)29/h2-3,10-13H,4-9,14-15H2,1H3,(H,31,36)(H,32,37). The van der Waals surface area contributed by atoms with Crippen LogP contribution >= 0.6 is 0 Å². The van der Waals surface area contributed by atoms with Gasteiger partial charge in [0.15, 0.2) is 5.65 Å². The van der Waals surface area contributed by atoms with Crippen molar-refractivity contribution in [1.29, 1.82) is 0 Å². The molecule has 3 aliphatic carbocycles. The second-order valence-electron chi connectivity index (χ2n) is 10.3. The Kier molecular flexibility index (Phi) is 6.77. The molecule has 3 heterocycles. The minimum atomic E-state index is -4.60. The number of hydrogen-bond acceptors (Lipinski definition) is 7. The molecule has 3 aromatic rings. The van der Waals surface area contributed by atoms with Gasteiger partial charge in [-0.15, -0.1) is 0 Å². The van der Waals surface area contributed by atoms with Crippen molar-refractivity contribution in [3.8, 4) is 0 Å². The molecule has 2 N–H and O–H groups in total. The van der Waals surface area contributed by atoms with Crippen LogP contribution in [0.4, 0.5) is 13.2 Å². The Bertz CT molecular complexity index is 1410. The Balaban J connectivity index is 1.27. The van der Waals surface area contributed by atoms with Gasteiger partial charge in [-0.05, 0) is 61.6 Å². The summed E-state index contributed by atoms with van der Waals surface area (Å²) in [6.07, 6.45) is 2.44. The Morgan fingerprint density at radius 2 is 1.72 bits per heavy atom. The van der Waals surface area contributed by atoms with Crippen LogP contribution in [0.15, 0.2) is 36.7 Å². The number of alkyl halides is 3. The van der Waals surface area contributed by atoms with Crippen LogP contribution in [-0.4, -0.2) is 51.0 Å². The highest BCUT2D eigenvalue weighted by Crippen LogP contribution is 2.57. The summed E-state index contributed by atoms with van der Waals surface area (Å²) in [5.74, 6) is -1.25. The van der Waals surface area contributed by atoms with Crippen molar-refractivity contribution < 1.29 is 32.3 Å². The molecule has 3 saturated carbocycles. The quantitative estimate of drug-likeness (QED) is 0.437. The molecule has 13 heteroatoms. The van der Waals surface area contributed by atoms with Gasteiger partial charge in [-0.2, -0.15) is 18.3 Å². The van der Waals surface area contributed by atoms with Gasteiger partial charge in [0.05, 0.1) is 18.7 Å². The van der Waals surface area contributed by atoms with Gasteiger partial charge in [0.2, 0.25) is 0 Å². The lowest BCUT2D eigenvalue weighted by Gasteiger charge is -2.51. The second kappa shape index (κ2) is 9.93. The number of ether oxygens (including phenoxy) is 1. The lowest BCUT2D eigenvalue weighted by atomic mass is 9.53. The smallest absolute Gasteiger partial charge is 0.433 e. The first-order valence-electron chi connectivity index (χ1n) is 12.6. The van der Waals surface area contributed by atoms with E-state index in [1.807, 2.05) is 0 Å². The van der Waals surface area contributed by atoms with E-state index in [0.717, 1.165) is 50.8 Å². The summed E-state index contributed by atoms with van der Waals surface area (Å²) in [7, 11) is 1.41. The monoisotopic (exact) mass is 544 g/mol. The molecule has 0 aliphatic heterocycles. The third kappa shape index (κ3) is 5.17. The topological polar surface area (TPSA) is 128 Å². The van der Waals surface area contributed by atoms with E-state index in [-0.39, 0.29) is 40.5 Å². The fraction of sp³-hybridized carbons (Fsp3) is 0.462. The Labute approximate surface area is 221 Å². The summed E-state index contributed by atoms with van der Waals surface area (Å²) in [6.45, 7) is 0.229. The highest BCUT2D eigenvalue weighted by Gasteiger charge is 2.53. The van der Waals surface area contributed by atoms with Crippen LogP contribution in [0.25, 0.3) is 5.65 Å². The molecule has 3 aromatic heterocycles. The van der Waals surface area contributed by atoms with E-state index in [9.17, 15) is 27.6 Å². The van der Waals surface area contributed by atoms with E-state index in [1.54, 1.807) is 6.07 Å². The van der Waals surface area contributed by atoms with Crippen molar-refractivity contribution in [3.05, 3.63) is 59.3 Å². The number of methoxy groups -OCH3 is 1. The van der Waals surface area contributed by atoms with Crippen molar-refractivity contribution >= 4 is 23.4 Å². The number of halogens is 3. The number of fused-ring (bicyclic) bond motifs is 4. The van der Waals surface area contributed by atoms with Crippen molar-refractivity contribution in [2.75, 3.05) is 13.7 Å². The van der Waals surface area contributed by atoms with E-state index in [0.29, 0.717) is 6.54 Å². The molecule has 206 valence electrons. The molecule has 6 rings (SSSR count). The first kappa shape index (κ1) is 26.6. The molecule has 2 amide bonds. The minimum absolute atomic E-state index is 0.0744. The molecule has 0 radical (unpaired) electrons. The number of carbonyl (C=O) groups is 3. The Morgan fingerprint density at radius 1 is 1.00 bits per heavy atom. The molecule has 0 saturated heterocycles. The molecule has 10 nitrogen and oxygen atoms in total. The number of pyridine rings is 1. The molecule has 39 heavy (non-hydrogen) atoms. The molecular weight excluding hydrogens is 517 g/mol. The number of amides is 2. The lowest BCUT2D eigenvalue weighted by molar-refractivity contribution is -0.162. The molecule has 2 bridgehead atoms. The second-order valence-corrected chi connectivity index (χ2v) is 10.3. The van der Waals surface area contributed by atoms with Crippen molar-refractivity contribution in [3.63, 3.8) is 0 Å². The third-order valence-electron chi connectivity index (χ3n) is 8.04. The maximum Gasteiger partial charge on any atom is 0.433 e. The number of aromatic nitrogens is 4. The van der Waals surface area contributed by atoms with Crippen molar-refractivity contribution in [2.45, 2.75) is 51.2 Å². The van der Waals surface area contributed by atoms with Gasteiger partial charge >= 0.3 is 12.1 Å². The summed E-state index contributed by atoms with van der Waals surface area (Å²) in [5.41, 5.74) is -1.07. The van der Waals surface area contributed by atoms with Crippen LogP contribution in [0.2, 0.25) is 0 Å². The zero-order valence-corrected chi connectivity index (χ0v) is 21.2. The van der Waals surface area contributed by atoms with Crippen LogP contribution in [0.1, 0.15) is 70.8 Å². The van der Waals surface area contributed by atoms with E-state index in [4.69, 9.17) is 4.74 Å². The third-order valence-corrected chi connectivity index (χ3v) is 8.04. The van der Waals surface area contributed by atoms with Gasteiger partial charge in [-0.1, -0.05) is 0 Å². The van der Waals surface area contributed by atoms with Gasteiger partial charge in [0.1, 0.15) is 17.1 Å². The summed E-state index contributed by atoms with van der Waals surface area (Å²) in [6, 6.07) is 5.07. The molecule has 3 fully saturated rings. The summed E-state index contributed by atoms with van der Waals surface area (Å²) < 4.78 is 45.2. The first-order chi connectivity index (χ1) is 18.5. The van der Waals surface area contributed by atoms with Gasteiger partial charge in [0.25, 0.3) is 11.8 Å². The van der Waals surface area contributed by atoms with Crippen LogP contribution < -0.4 is 10.6 Å². The number of hydrogen-bond donors (Lipinski definition) is 2. The average Bonchev–Trinajstić information content (AvgIpc) is 3.43. The fourth-order valence-corrected chi connectivity index (χ4v) is 5.61. The van der Waals surface area contributed by atoms with Crippen LogP contribution in [-0.2, 0) is 22.3 Å². The van der Waals surface area contributed by atoms with Gasteiger partial charge in [0, 0.05) is 31.4 Å². The highest BCUT2D eigenvalue weighted by molar-refractivity contribution is 5.98. The summed E-state index contributed by atoms with van der Waals surface area (Å²) in [4.78, 5) is 45.9. The zero-order chi connectivity index (χ0) is 27.8. The molecule has 0 aromatic carbocycles. The fourth-order valence-electron chi connectivity index (χ4n) is 5.61. The van der Waals surface area contributed by atoms with Crippen LogP contribution in [0.3, 0.4) is 0 Å². The highest BCUT2D eigenvalue weighted by atomic mass is 19.4.